The molecule has 2 aliphatic rings. The number of aromatic nitrogens is 2. The summed E-state index contributed by atoms with van der Waals surface area (Å²) in [5, 5.41) is 4.43. The fourth-order valence-corrected chi connectivity index (χ4v) is 5.91. The fraction of sp³-hybridized carbons (Fsp3) is 0.385. The molecule has 2 fully saturated rings. The van der Waals surface area contributed by atoms with Crippen LogP contribution in [0.3, 0.4) is 0 Å². The van der Waals surface area contributed by atoms with Crippen LogP contribution in [0.25, 0.3) is 5.69 Å². The van der Waals surface area contributed by atoms with E-state index >= 15 is 0 Å². The van der Waals surface area contributed by atoms with Gasteiger partial charge in [-0.05, 0) is 86.9 Å². The van der Waals surface area contributed by atoms with Crippen LogP contribution >= 0.6 is 12.2 Å². The number of halogens is 1. The van der Waals surface area contributed by atoms with E-state index in [4.69, 9.17) is 12.2 Å². The number of benzene rings is 1. The summed E-state index contributed by atoms with van der Waals surface area (Å²) in [7, 11) is 0. The third-order valence-electron chi connectivity index (χ3n) is 6.98. The highest BCUT2D eigenvalue weighted by Gasteiger charge is 2.44. The molecule has 0 radical (unpaired) electrons. The van der Waals surface area contributed by atoms with Crippen molar-refractivity contribution >= 4 is 17.3 Å². The molecule has 2 atom stereocenters. The quantitative estimate of drug-likeness (QED) is 0.501. The van der Waals surface area contributed by atoms with Gasteiger partial charge in [-0.1, -0.05) is 25.3 Å². The molecule has 1 N–H and O–H groups in total. The van der Waals surface area contributed by atoms with Gasteiger partial charge in [0.2, 0.25) is 0 Å². The van der Waals surface area contributed by atoms with Crippen LogP contribution in [0, 0.1) is 19.7 Å². The van der Waals surface area contributed by atoms with E-state index < -0.39 is 0 Å². The van der Waals surface area contributed by atoms with Gasteiger partial charge < -0.3 is 14.8 Å². The van der Waals surface area contributed by atoms with E-state index in [1.165, 1.54) is 49.8 Å². The molecule has 6 heteroatoms. The van der Waals surface area contributed by atoms with Crippen molar-refractivity contribution in [3.63, 3.8) is 0 Å². The van der Waals surface area contributed by atoms with Crippen LogP contribution in [-0.4, -0.2) is 25.6 Å². The van der Waals surface area contributed by atoms with Crippen LogP contribution < -0.4 is 5.32 Å². The van der Waals surface area contributed by atoms with Crippen LogP contribution in [0.5, 0.6) is 0 Å². The Bertz CT molecular complexity index is 1100. The fourth-order valence-electron chi connectivity index (χ4n) is 5.53. The van der Waals surface area contributed by atoms with Gasteiger partial charge in [-0.2, -0.15) is 0 Å². The number of nitrogens with one attached hydrogen (secondary N) is 1. The van der Waals surface area contributed by atoms with Crippen molar-refractivity contribution in [1.29, 1.82) is 0 Å². The molecule has 1 aliphatic carbocycles. The third kappa shape index (κ3) is 3.71. The Balaban J connectivity index is 1.62. The molecule has 4 nitrogen and oxygen atoms in total. The van der Waals surface area contributed by atoms with Crippen LogP contribution in [0.2, 0.25) is 0 Å². The van der Waals surface area contributed by atoms with E-state index in [-0.39, 0.29) is 17.9 Å². The summed E-state index contributed by atoms with van der Waals surface area (Å²) in [5.41, 5.74) is 5.52. The van der Waals surface area contributed by atoms with Crippen molar-refractivity contribution in [2.75, 3.05) is 0 Å². The monoisotopic (exact) mass is 448 g/mol. The molecule has 3 aromatic rings. The lowest BCUT2D eigenvalue weighted by atomic mass is 9.90. The maximum Gasteiger partial charge on any atom is 0.170 e. The number of hydrogen-bond acceptors (Lipinski definition) is 2. The van der Waals surface area contributed by atoms with Gasteiger partial charge in [0.05, 0.1) is 17.8 Å². The standard InChI is InChI=1S/C26H29FN4S/c1-17-16-22(18(2)30(17)21-13-11-19(27)12-14-21)25-24(23-10-6-7-15-28-23)29-26(32)31(25)20-8-4-3-5-9-20/h6-7,10-16,20,24-25H,3-5,8-9H2,1-2H3,(H,29,32)/t24-,25+/m0/s1. The van der Waals surface area contributed by atoms with E-state index in [0.717, 1.165) is 27.9 Å². The number of hydrogen-bond donors (Lipinski definition) is 1. The van der Waals surface area contributed by atoms with Crippen molar-refractivity contribution in [1.82, 2.24) is 19.8 Å². The lowest BCUT2D eigenvalue weighted by Gasteiger charge is -2.37. The molecule has 0 bridgehead atoms. The smallest absolute Gasteiger partial charge is 0.170 e. The highest BCUT2D eigenvalue weighted by Crippen LogP contribution is 2.44. The molecule has 1 aliphatic heterocycles. The predicted molar refractivity (Wildman–Crippen MR) is 129 cm³/mol. The number of aryl methyl sites for hydroxylation is 1. The molecule has 0 spiro atoms. The normalized spacial score (nSPS) is 21.7. The zero-order valence-corrected chi connectivity index (χ0v) is 19.4. The number of pyridine rings is 1. The first-order chi connectivity index (χ1) is 15.5. The average molecular weight is 449 g/mol. The summed E-state index contributed by atoms with van der Waals surface area (Å²) in [5.74, 6) is -0.222. The maximum absolute atomic E-state index is 13.5. The lowest BCUT2D eigenvalue weighted by molar-refractivity contribution is 0.197. The van der Waals surface area contributed by atoms with Gasteiger partial charge >= 0.3 is 0 Å². The van der Waals surface area contributed by atoms with Gasteiger partial charge in [0, 0.05) is 29.3 Å². The number of rotatable bonds is 4. The maximum atomic E-state index is 13.5. The first kappa shape index (κ1) is 21.1. The number of thiocarbonyl (C=S) groups is 1. The molecule has 0 amide bonds. The van der Waals surface area contributed by atoms with Crippen LogP contribution in [0.4, 0.5) is 4.39 Å². The Morgan fingerprint density at radius 2 is 1.78 bits per heavy atom. The van der Waals surface area contributed by atoms with Gasteiger partial charge in [0.25, 0.3) is 0 Å². The summed E-state index contributed by atoms with van der Waals surface area (Å²) in [6.07, 6.45) is 7.99. The molecule has 0 unspecified atom stereocenters. The van der Waals surface area contributed by atoms with Crippen molar-refractivity contribution < 1.29 is 4.39 Å². The molecular formula is C26H29FN4S. The zero-order valence-electron chi connectivity index (χ0n) is 18.6. The van der Waals surface area contributed by atoms with Gasteiger partial charge in [0.1, 0.15) is 5.82 Å². The van der Waals surface area contributed by atoms with E-state index in [0.29, 0.717) is 6.04 Å². The minimum atomic E-state index is -0.222. The topological polar surface area (TPSA) is 33.1 Å². The Morgan fingerprint density at radius 3 is 2.47 bits per heavy atom. The summed E-state index contributed by atoms with van der Waals surface area (Å²) < 4.78 is 15.8. The van der Waals surface area contributed by atoms with E-state index in [1.807, 2.05) is 30.5 Å². The zero-order chi connectivity index (χ0) is 22.2. The molecule has 1 aromatic carbocycles. The van der Waals surface area contributed by atoms with E-state index in [1.54, 1.807) is 0 Å². The molecule has 2 aromatic heterocycles. The summed E-state index contributed by atoms with van der Waals surface area (Å²) >= 11 is 5.90. The predicted octanol–water partition coefficient (Wildman–Crippen LogP) is 5.93. The van der Waals surface area contributed by atoms with E-state index in [2.05, 4.69) is 45.7 Å². The summed E-state index contributed by atoms with van der Waals surface area (Å²) in [4.78, 5) is 7.13. The molecular weight excluding hydrogens is 419 g/mol. The minimum Gasteiger partial charge on any atom is -0.352 e. The van der Waals surface area contributed by atoms with Gasteiger partial charge in [-0.15, -0.1) is 0 Å². The van der Waals surface area contributed by atoms with Gasteiger partial charge in [-0.25, -0.2) is 4.39 Å². The van der Waals surface area contributed by atoms with Crippen LogP contribution in [0.15, 0.2) is 54.7 Å². The Kier molecular flexibility index (Phi) is 5.72. The Labute approximate surface area is 194 Å². The molecule has 5 rings (SSSR count). The summed E-state index contributed by atoms with van der Waals surface area (Å²) in [6.45, 7) is 4.27. The third-order valence-corrected chi connectivity index (χ3v) is 7.31. The average Bonchev–Trinajstić information content (AvgIpc) is 3.31. The van der Waals surface area contributed by atoms with Crippen molar-refractivity contribution in [2.24, 2.45) is 0 Å². The Morgan fingerprint density at radius 1 is 1.03 bits per heavy atom. The van der Waals surface area contributed by atoms with E-state index in [9.17, 15) is 4.39 Å². The molecule has 1 saturated carbocycles. The second-order valence-electron chi connectivity index (χ2n) is 8.96. The van der Waals surface area contributed by atoms with Crippen LogP contribution in [0.1, 0.15) is 66.8 Å². The summed E-state index contributed by atoms with van der Waals surface area (Å²) in [6, 6.07) is 15.6. The number of nitrogens with zero attached hydrogens (tertiary/aromatic N) is 3. The largest absolute Gasteiger partial charge is 0.352 e. The highest BCUT2D eigenvalue weighted by atomic mass is 32.1. The first-order valence-electron chi connectivity index (χ1n) is 11.5. The van der Waals surface area contributed by atoms with Gasteiger partial charge in [-0.3, -0.25) is 4.98 Å². The lowest BCUT2D eigenvalue weighted by Crippen LogP contribution is -2.40. The first-order valence-corrected chi connectivity index (χ1v) is 11.9. The molecule has 3 heterocycles. The second kappa shape index (κ2) is 8.66. The molecule has 1 saturated heterocycles. The highest BCUT2D eigenvalue weighted by molar-refractivity contribution is 7.80. The van der Waals surface area contributed by atoms with Crippen molar-refractivity contribution in [2.45, 2.75) is 64.1 Å². The Hall–Kier alpha value is -2.73. The minimum absolute atomic E-state index is 0.00667. The van der Waals surface area contributed by atoms with Crippen molar-refractivity contribution in [3.05, 3.63) is 83.2 Å². The van der Waals surface area contributed by atoms with Crippen molar-refractivity contribution in [3.8, 4) is 5.69 Å². The van der Waals surface area contributed by atoms with Crippen LogP contribution in [-0.2, 0) is 0 Å². The van der Waals surface area contributed by atoms with Gasteiger partial charge in [0.15, 0.2) is 5.11 Å². The SMILES string of the molecule is Cc1cc([C@@H]2[C@H](c3ccccn3)NC(=S)N2C2CCCCC2)c(C)n1-c1ccc(F)cc1. The molecule has 166 valence electrons. The molecule has 32 heavy (non-hydrogen) atoms. The second-order valence-corrected chi connectivity index (χ2v) is 9.35.